The summed E-state index contributed by atoms with van der Waals surface area (Å²) in [4.78, 5) is 9.68. The molecule has 1 heterocycles. The van der Waals surface area contributed by atoms with Gasteiger partial charge in [0.25, 0.3) is 0 Å². The zero-order valence-electron chi connectivity index (χ0n) is 9.31. The molecule has 5 heteroatoms. The van der Waals surface area contributed by atoms with Gasteiger partial charge in [-0.25, -0.2) is 4.98 Å². The largest absolute Gasteiger partial charge is 0.358 e. The smallest absolute Gasteiger partial charge is 0.207 e. The van der Waals surface area contributed by atoms with E-state index in [1.807, 2.05) is 24.9 Å². The van der Waals surface area contributed by atoms with E-state index in [1.165, 1.54) is 0 Å². The first-order chi connectivity index (χ1) is 7.67. The highest BCUT2D eigenvalue weighted by atomic mass is 35.5. The van der Waals surface area contributed by atoms with Crippen LogP contribution in [0.5, 0.6) is 0 Å². The SMILES string of the molecule is CC/C(=N\C#N)N(C)Cc1ccc(Cl)nc1. The predicted octanol–water partition coefficient (Wildman–Crippen LogP) is 2.46. The summed E-state index contributed by atoms with van der Waals surface area (Å²) in [5.41, 5.74) is 1.03. The first kappa shape index (κ1) is 12.5. The molecule has 0 aromatic carbocycles. The number of hydrogen-bond acceptors (Lipinski definition) is 3. The molecule has 0 saturated heterocycles. The second kappa shape index (κ2) is 6.09. The fraction of sp³-hybridized carbons (Fsp3) is 0.364. The van der Waals surface area contributed by atoms with E-state index < -0.39 is 0 Å². The van der Waals surface area contributed by atoms with Gasteiger partial charge in [0.1, 0.15) is 11.0 Å². The van der Waals surface area contributed by atoms with Crippen LogP contribution < -0.4 is 0 Å². The van der Waals surface area contributed by atoms with Crippen LogP contribution >= 0.6 is 11.6 Å². The molecule has 0 atom stereocenters. The Morgan fingerprint density at radius 1 is 1.62 bits per heavy atom. The van der Waals surface area contributed by atoms with Crippen LogP contribution in [0, 0.1) is 11.5 Å². The third-order valence-corrected chi connectivity index (χ3v) is 2.37. The molecular formula is C11H13ClN4. The second-order valence-electron chi connectivity index (χ2n) is 3.33. The van der Waals surface area contributed by atoms with Gasteiger partial charge in [-0.3, -0.25) is 0 Å². The van der Waals surface area contributed by atoms with Crippen LogP contribution in [0.2, 0.25) is 5.15 Å². The Morgan fingerprint density at radius 2 is 2.38 bits per heavy atom. The maximum Gasteiger partial charge on any atom is 0.207 e. The first-order valence-corrected chi connectivity index (χ1v) is 5.32. The topological polar surface area (TPSA) is 52.3 Å². The van der Waals surface area contributed by atoms with Gasteiger partial charge in [0.05, 0.1) is 0 Å². The van der Waals surface area contributed by atoms with E-state index in [9.17, 15) is 0 Å². The molecule has 0 N–H and O–H groups in total. The third-order valence-electron chi connectivity index (χ3n) is 2.14. The number of nitriles is 1. The van der Waals surface area contributed by atoms with Crippen LogP contribution in [0.25, 0.3) is 0 Å². The standard InChI is InChI=1S/C11H13ClN4/c1-3-11(15-8-13)16(2)7-9-4-5-10(12)14-6-9/h4-6H,3,7H2,1-2H3/b15-11+. The van der Waals surface area contributed by atoms with Crippen LogP contribution in [0.15, 0.2) is 23.3 Å². The monoisotopic (exact) mass is 236 g/mol. The Kier molecular flexibility index (Phi) is 4.74. The number of aromatic nitrogens is 1. The molecule has 84 valence electrons. The van der Waals surface area contributed by atoms with Crippen molar-refractivity contribution in [2.24, 2.45) is 4.99 Å². The third kappa shape index (κ3) is 3.52. The summed E-state index contributed by atoms with van der Waals surface area (Å²) in [7, 11) is 1.90. The van der Waals surface area contributed by atoms with Gasteiger partial charge >= 0.3 is 0 Å². The Balaban J connectivity index is 2.71. The van der Waals surface area contributed by atoms with Crippen molar-refractivity contribution in [3.05, 3.63) is 29.0 Å². The van der Waals surface area contributed by atoms with Gasteiger partial charge in [-0.2, -0.15) is 10.3 Å². The van der Waals surface area contributed by atoms with Crippen LogP contribution in [-0.2, 0) is 6.54 Å². The van der Waals surface area contributed by atoms with Gasteiger partial charge in [0.15, 0.2) is 0 Å². The molecule has 1 aromatic heterocycles. The summed E-state index contributed by atoms with van der Waals surface area (Å²) in [6.07, 6.45) is 4.25. The van der Waals surface area contributed by atoms with E-state index in [-0.39, 0.29) is 0 Å². The van der Waals surface area contributed by atoms with Gasteiger partial charge in [-0.05, 0) is 11.6 Å². The summed E-state index contributed by atoms with van der Waals surface area (Å²) in [6.45, 7) is 2.63. The number of nitrogens with zero attached hydrogens (tertiary/aromatic N) is 4. The average molecular weight is 237 g/mol. The molecule has 4 nitrogen and oxygen atoms in total. The number of pyridine rings is 1. The molecule has 0 unspecified atom stereocenters. The highest BCUT2D eigenvalue weighted by Crippen LogP contribution is 2.08. The first-order valence-electron chi connectivity index (χ1n) is 4.94. The number of aliphatic imine (C=N–C) groups is 1. The van der Waals surface area contributed by atoms with Crippen LogP contribution in [0.1, 0.15) is 18.9 Å². The average Bonchev–Trinajstić information content (AvgIpc) is 2.29. The Hall–Kier alpha value is -1.60. The van der Waals surface area contributed by atoms with Crippen LogP contribution in [0.4, 0.5) is 0 Å². The summed E-state index contributed by atoms with van der Waals surface area (Å²) < 4.78 is 0. The van der Waals surface area contributed by atoms with E-state index >= 15 is 0 Å². The lowest BCUT2D eigenvalue weighted by Crippen LogP contribution is -2.25. The lowest BCUT2D eigenvalue weighted by Gasteiger charge is -2.19. The minimum atomic E-state index is 0.479. The van der Waals surface area contributed by atoms with Crippen molar-refractivity contribution in [2.45, 2.75) is 19.9 Å². The number of hydrogen-bond donors (Lipinski definition) is 0. The second-order valence-corrected chi connectivity index (χ2v) is 3.71. The number of rotatable bonds is 3. The zero-order valence-corrected chi connectivity index (χ0v) is 10.1. The molecule has 0 fully saturated rings. The Morgan fingerprint density at radius 3 is 2.88 bits per heavy atom. The molecule has 0 aliphatic heterocycles. The lowest BCUT2D eigenvalue weighted by molar-refractivity contribution is 0.490. The molecule has 0 bridgehead atoms. The van der Waals surface area contributed by atoms with Crippen molar-refractivity contribution in [3.63, 3.8) is 0 Å². The van der Waals surface area contributed by atoms with Crippen molar-refractivity contribution in [1.29, 1.82) is 5.26 Å². The van der Waals surface area contributed by atoms with Crippen LogP contribution in [-0.4, -0.2) is 22.8 Å². The summed E-state index contributed by atoms with van der Waals surface area (Å²) in [5.74, 6) is 0.762. The molecule has 0 spiro atoms. The van der Waals surface area contributed by atoms with E-state index in [1.54, 1.807) is 18.5 Å². The van der Waals surface area contributed by atoms with Crippen molar-refractivity contribution in [1.82, 2.24) is 9.88 Å². The van der Waals surface area contributed by atoms with E-state index in [0.717, 1.165) is 17.8 Å². The molecule has 0 aliphatic carbocycles. The molecule has 16 heavy (non-hydrogen) atoms. The van der Waals surface area contributed by atoms with Crippen molar-refractivity contribution >= 4 is 17.4 Å². The summed E-state index contributed by atoms with van der Waals surface area (Å²) in [6, 6.07) is 3.66. The van der Waals surface area contributed by atoms with E-state index in [2.05, 4.69) is 9.98 Å². The molecule has 0 saturated carbocycles. The molecule has 0 radical (unpaired) electrons. The molecule has 0 amide bonds. The Labute approximate surface area is 100 Å². The zero-order chi connectivity index (χ0) is 12.0. The number of amidine groups is 1. The molecule has 0 aliphatic rings. The predicted molar refractivity (Wildman–Crippen MR) is 64.1 cm³/mol. The van der Waals surface area contributed by atoms with Gasteiger partial charge in [-0.1, -0.05) is 24.6 Å². The lowest BCUT2D eigenvalue weighted by atomic mass is 10.2. The van der Waals surface area contributed by atoms with Gasteiger partial charge in [-0.15, -0.1) is 0 Å². The van der Waals surface area contributed by atoms with Crippen molar-refractivity contribution < 1.29 is 0 Å². The normalized spacial score (nSPS) is 11.0. The quantitative estimate of drug-likeness (QED) is 0.351. The van der Waals surface area contributed by atoms with E-state index in [0.29, 0.717) is 11.7 Å². The van der Waals surface area contributed by atoms with Gasteiger partial charge in [0, 0.05) is 26.2 Å². The summed E-state index contributed by atoms with van der Waals surface area (Å²) in [5, 5.41) is 9.00. The van der Waals surface area contributed by atoms with Crippen LogP contribution in [0.3, 0.4) is 0 Å². The fourth-order valence-corrected chi connectivity index (χ4v) is 1.47. The number of halogens is 1. The molecule has 1 aromatic rings. The Bertz CT molecular complexity index is 405. The minimum absolute atomic E-state index is 0.479. The maximum absolute atomic E-state index is 8.53. The van der Waals surface area contributed by atoms with E-state index in [4.69, 9.17) is 16.9 Å². The van der Waals surface area contributed by atoms with Crippen molar-refractivity contribution in [3.8, 4) is 6.19 Å². The summed E-state index contributed by atoms with van der Waals surface area (Å²) >= 11 is 5.70. The maximum atomic E-state index is 8.53. The van der Waals surface area contributed by atoms with Gasteiger partial charge < -0.3 is 4.90 Å². The fourth-order valence-electron chi connectivity index (χ4n) is 1.36. The van der Waals surface area contributed by atoms with Gasteiger partial charge in [0.2, 0.25) is 6.19 Å². The highest BCUT2D eigenvalue weighted by molar-refractivity contribution is 6.29. The van der Waals surface area contributed by atoms with Crippen molar-refractivity contribution in [2.75, 3.05) is 7.05 Å². The molecular weight excluding hydrogens is 224 g/mol. The highest BCUT2D eigenvalue weighted by Gasteiger charge is 2.05. The molecule has 1 rings (SSSR count). The minimum Gasteiger partial charge on any atom is -0.358 e.